The first-order chi connectivity index (χ1) is 13.0. The Bertz CT molecular complexity index is 869. The predicted molar refractivity (Wildman–Crippen MR) is 100 cm³/mol. The maximum atomic E-state index is 12.8. The Morgan fingerprint density at radius 3 is 2.04 bits per heavy atom. The molecule has 1 aliphatic rings. The Morgan fingerprint density at radius 1 is 0.815 bits per heavy atom. The maximum Gasteiger partial charge on any atom is 0.196 e. The molecule has 142 valence electrons. The average molecular weight is 370 g/mol. The SMILES string of the molecule is COC1=C(c2ccc(OC)cc2)C(=O)[C@@H](O)[C@H]1c1ccc(OC)c(OC)c1. The van der Waals surface area contributed by atoms with Gasteiger partial charge < -0.3 is 24.1 Å². The molecule has 1 N–H and O–H groups in total. The van der Waals surface area contributed by atoms with E-state index in [0.29, 0.717) is 39.7 Å². The van der Waals surface area contributed by atoms with Crippen LogP contribution in [0.25, 0.3) is 5.57 Å². The van der Waals surface area contributed by atoms with Crippen molar-refractivity contribution in [2.24, 2.45) is 0 Å². The van der Waals surface area contributed by atoms with Crippen LogP contribution in [0.1, 0.15) is 17.0 Å². The lowest BCUT2D eigenvalue weighted by atomic mass is 9.94. The largest absolute Gasteiger partial charge is 0.500 e. The summed E-state index contributed by atoms with van der Waals surface area (Å²) in [5.41, 5.74) is 1.74. The zero-order chi connectivity index (χ0) is 19.6. The first-order valence-electron chi connectivity index (χ1n) is 8.42. The normalized spacial score (nSPS) is 19.2. The van der Waals surface area contributed by atoms with Crippen molar-refractivity contribution in [3.8, 4) is 17.2 Å². The molecular formula is C21H22O6. The molecule has 0 radical (unpaired) electrons. The Morgan fingerprint density at radius 2 is 1.48 bits per heavy atom. The van der Waals surface area contributed by atoms with Crippen molar-refractivity contribution in [3.63, 3.8) is 0 Å². The first-order valence-corrected chi connectivity index (χ1v) is 8.42. The van der Waals surface area contributed by atoms with Gasteiger partial charge in [-0.1, -0.05) is 18.2 Å². The molecule has 0 aliphatic heterocycles. The van der Waals surface area contributed by atoms with Crippen LogP contribution in [0.5, 0.6) is 17.2 Å². The molecule has 0 bridgehead atoms. The number of hydrogen-bond donors (Lipinski definition) is 1. The minimum atomic E-state index is -1.24. The Labute approximate surface area is 157 Å². The summed E-state index contributed by atoms with van der Waals surface area (Å²) in [6.07, 6.45) is -1.24. The number of ketones is 1. The molecular weight excluding hydrogens is 348 g/mol. The van der Waals surface area contributed by atoms with Gasteiger partial charge in [-0.05, 0) is 35.4 Å². The van der Waals surface area contributed by atoms with Crippen LogP contribution in [0.15, 0.2) is 48.2 Å². The first kappa shape index (κ1) is 18.8. The highest BCUT2D eigenvalue weighted by atomic mass is 16.5. The van der Waals surface area contributed by atoms with Gasteiger partial charge in [0.2, 0.25) is 0 Å². The molecule has 1 aliphatic carbocycles. The topological polar surface area (TPSA) is 74.2 Å². The number of Topliss-reactive ketones (excluding diaryl/α,β-unsaturated/α-hetero) is 1. The standard InChI is InChI=1S/C21H22O6/c1-24-14-8-5-12(6-9-14)17-19(22)20(23)18(21(17)27-4)13-7-10-15(25-2)16(11-13)26-3/h5-11,18,20,23H,1-4H3/t18-,20+/m1/s1. The molecule has 0 spiro atoms. The maximum absolute atomic E-state index is 12.8. The number of carbonyl (C=O) groups excluding carboxylic acids is 1. The van der Waals surface area contributed by atoms with E-state index >= 15 is 0 Å². The van der Waals surface area contributed by atoms with Gasteiger partial charge in [-0.3, -0.25) is 4.79 Å². The molecule has 2 aromatic rings. The molecule has 0 saturated heterocycles. The number of rotatable bonds is 6. The Balaban J connectivity index is 2.10. The fraction of sp³-hybridized carbons (Fsp3) is 0.286. The third kappa shape index (κ3) is 3.24. The summed E-state index contributed by atoms with van der Waals surface area (Å²) < 4.78 is 21.3. The summed E-state index contributed by atoms with van der Waals surface area (Å²) in [7, 11) is 6.16. The van der Waals surface area contributed by atoms with Gasteiger partial charge in [0.05, 0.1) is 39.9 Å². The van der Waals surface area contributed by atoms with Crippen molar-refractivity contribution < 1.29 is 28.8 Å². The second-order valence-corrected chi connectivity index (χ2v) is 6.07. The summed E-state index contributed by atoms with van der Waals surface area (Å²) in [4.78, 5) is 12.8. The zero-order valence-corrected chi connectivity index (χ0v) is 15.7. The molecule has 0 heterocycles. The van der Waals surface area contributed by atoms with Crippen molar-refractivity contribution in [2.45, 2.75) is 12.0 Å². The lowest BCUT2D eigenvalue weighted by Gasteiger charge is -2.19. The zero-order valence-electron chi connectivity index (χ0n) is 15.7. The van der Waals surface area contributed by atoms with Crippen molar-refractivity contribution >= 4 is 11.4 Å². The number of ether oxygens (including phenoxy) is 4. The van der Waals surface area contributed by atoms with Crippen LogP contribution in [0.3, 0.4) is 0 Å². The third-order valence-electron chi connectivity index (χ3n) is 4.72. The van der Waals surface area contributed by atoms with Crippen LogP contribution < -0.4 is 14.2 Å². The molecule has 3 rings (SSSR count). The van der Waals surface area contributed by atoms with E-state index in [1.807, 2.05) is 0 Å². The highest BCUT2D eigenvalue weighted by molar-refractivity contribution is 6.26. The van der Waals surface area contributed by atoms with Gasteiger partial charge in [-0.2, -0.15) is 0 Å². The molecule has 0 amide bonds. The lowest BCUT2D eigenvalue weighted by molar-refractivity contribution is -0.121. The molecule has 27 heavy (non-hydrogen) atoms. The van der Waals surface area contributed by atoms with Crippen LogP contribution in [-0.4, -0.2) is 45.4 Å². The van der Waals surface area contributed by atoms with Gasteiger partial charge in [0.25, 0.3) is 0 Å². The van der Waals surface area contributed by atoms with Gasteiger partial charge in [-0.25, -0.2) is 0 Å². The number of benzene rings is 2. The van der Waals surface area contributed by atoms with Crippen molar-refractivity contribution in [2.75, 3.05) is 28.4 Å². The van der Waals surface area contributed by atoms with Crippen LogP contribution in [-0.2, 0) is 9.53 Å². The Hall–Kier alpha value is -2.99. The number of carbonyl (C=O) groups is 1. The van der Waals surface area contributed by atoms with Crippen molar-refractivity contribution in [1.82, 2.24) is 0 Å². The van der Waals surface area contributed by atoms with Crippen LogP contribution in [0.2, 0.25) is 0 Å². The fourth-order valence-electron chi connectivity index (χ4n) is 3.37. The van der Waals surface area contributed by atoms with Crippen LogP contribution in [0, 0.1) is 0 Å². The monoisotopic (exact) mass is 370 g/mol. The van der Waals surface area contributed by atoms with Gasteiger partial charge in [0, 0.05) is 0 Å². The van der Waals surface area contributed by atoms with Crippen LogP contribution >= 0.6 is 0 Å². The smallest absolute Gasteiger partial charge is 0.196 e. The Kier molecular flexibility index (Phi) is 5.37. The fourth-order valence-corrected chi connectivity index (χ4v) is 3.37. The number of aliphatic hydroxyl groups is 1. The van der Waals surface area contributed by atoms with E-state index in [4.69, 9.17) is 18.9 Å². The number of methoxy groups -OCH3 is 4. The number of aliphatic hydroxyl groups excluding tert-OH is 1. The van der Waals surface area contributed by atoms with Gasteiger partial charge in [-0.15, -0.1) is 0 Å². The van der Waals surface area contributed by atoms with E-state index in [0.717, 1.165) is 0 Å². The van der Waals surface area contributed by atoms with Gasteiger partial charge >= 0.3 is 0 Å². The van der Waals surface area contributed by atoms with E-state index in [9.17, 15) is 9.90 Å². The summed E-state index contributed by atoms with van der Waals surface area (Å²) in [6, 6.07) is 12.3. The quantitative estimate of drug-likeness (QED) is 0.843. The van der Waals surface area contributed by atoms with Gasteiger partial charge in [0.1, 0.15) is 17.6 Å². The molecule has 0 fully saturated rings. The minimum Gasteiger partial charge on any atom is -0.500 e. The molecule has 6 nitrogen and oxygen atoms in total. The molecule has 6 heteroatoms. The minimum absolute atomic E-state index is 0.368. The van der Waals surface area contributed by atoms with Crippen molar-refractivity contribution in [1.29, 1.82) is 0 Å². The van der Waals surface area contributed by atoms with E-state index in [2.05, 4.69) is 0 Å². The van der Waals surface area contributed by atoms with Gasteiger partial charge in [0.15, 0.2) is 17.3 Å². The lowest BCUT2D eigenvalue weighted by Crippen LogP contribution is -2.22. The molecule has 2 atom stereocenters. The summed E-state index contributed by atoms with van der Waals surface area (Å²) >= 11 is 0. The number of hydrogen-bond acceptors (Lipinski definition) is 6. The summed E-state index contributed by atoms with van der Waals surface area (Å²) in [6.45, 7) is 0. The molecule has 0 aromatic heterocycles. The summed E-state index contributed by atoms with van der Waals surface area (Å²) in [5.74, 6) is 1.18. The second kappa shape index (κ2) is 7.72. The van der Waals surface area contributed by atoms with E-state index in [1.54, 1.807) is 56.7 Å². The predicted octanol–water partition coefficient (Wildman–Crippen LogP) is 2.80. The highest BCUT2D eigenvalue weighted by Gasteiger charge is 2.43. The van der Waals surface area contributed by atoms with E-state index < -0.39 is 12.0 Å². The van der Waals surface area contributed by atoms with Crippen LogP contribution in [0.4, 0.5) is 0 Å². The molecule has 0 saturated carbocycles. The van der Waals surface area contributed by atoms with E-state index in [1.165, 1.54) is 14.2 Å². The third-order valence-corrected chi connectivity index (χ3v) is 4.72. The average Bonchev–Trinajstić information content (AvgIpc) is 2.97. The molecule has 2 aromatic carbocycles. The molecule has 0 unspecified atom stereocenters. The highest BCUT2D eigenvalue weighted by Crippen LogP contribution is 2.44. The summed E-state index contributed by atoms with van der Waals surface area (Å²) in [5, 5.41) is 10.7. The second-order valence-electron chi connectivity index (χ2n) is 6.07. The van der Waals surface area contributed by atoms with Crippen molar-refractivity contribution in [3.05, 3.63) is 59.4 Å². The van der Waals surface area contributed by atoms with E-state index in [-0.39, 0.29) is 5.78 Å².